The first-order valence-corrected chi connectivity index (χ1v) is 7.85. The first-order chi connectivity index (χ1) is 10.3. The molecule has 1 fully saturated rings. The van der Waals surface area contributed by atoms with Crippen molar-refractivity contribution in [1.82, 2.24) is 10.6 Å². The maximum atomic E-state index is 11.8. The predicted octanol–water partition coefficient (Wildman–Crippen LogP) is 2.53. The van der Waals surface area contributed by atoms with Gasteiger partial charge < -0.3 is 20.1 Å². The van der Waals surface area contributed by atoms with Gasteiger partial charge in [-0.15, -0.1) is 0 Å². The minimum atomic E-state index is -0.600. The molecule has 132 valence electrons. The fourth-order valence-electron chi connectivity index (χ4n) is 2.31. The average molecular weight is 328 g/mol. The molecule has 0 bridgehead atoms. The van der Waals surface area contributed by atoms with Crippen molar-refractivity contribution >= 4 is 18.0 Å². The smallest absolute Gasteiger partial charge is 0.407 e. The number of amides is 2. The molecule has 1 aliphatic rings. The molecule has 23 heavy (non-hydrogen) atoms. The van der Waals surface area contributed by atoms with Gasteiger partial charge in [0.15, 0.2) is 0 Å². The van der Waals surface area contributed by atoms with Crippen LogP contribution in [0.2, 0.25) is 0 Å². The standard InChI is InChI=1S/C16H28N2O5/c1-15(2,3)22-13(20)17-10-7-11(9-12(19)8-10)18-14(21)23-16(4,5)6/h10-11H,7-9H2,1-6H3,(H,17,20)(H,18,21). The maximum absolute atomic E-state index is 11.8. The van der Waals surface area contributed by atoms with Crippen molar-refractivity contribution in [2.75, 3.05) is 0 Å². The number of nitrogens with one attached hydrogen (secondary N) is 2. The molecule has 0 spiro atoms. The van der Waals surface area contributed by atoms with Crippen LogP contribution in [0.4, 0.5) is 9.59 Å². The Hall–Kier alpha value is -1.79. The molecule has 0 heterocycles. The second-order valence-corrected chi connectivity index (χ2v) is 7.87. The van der Waals surface area contributed by atoms with Crippen molar-refractivity contribution in [1.29, 1.82) is 0 Å². The van der Waals surface area contributed by atoms with Crippen molar-refractivity contribution < 1.29 is 23.9 Å². The Morgan fingerprint density at radius 3 is 1.52 bits per heavy atom. The number of Topliss-reactive ketones (excluding diaryl/α,β-unsaturated/α-hetero) is 1. The minimum absolute atomic E-state index is 0.0154. The number of hydrogen-bond donors (Lipinski definition) is 2. The van der Waals surface area contributed by atoms with Gasteiger partial charge in [-0.05, 0) is 48.0 Å². The molecule has 2 N–H and O–H groups in total. The Bertz CT molecular complexity index is 422. The number of rotatable bonds is 2. The van der Waals surface area contributed by atoms with Crippen LogP contribution < -0.4 is 10.6 Å². The molecule has 1 rings (SSSR count). The Labute approximate surface area is 137 Å². The minimum Gasteiger partial charge on any atom is -0.444 e. The normalized spacial score (nSPS) is 22.3. The number of alkyl carbamates (subject to hydrolysis) is 2. The Kier molecular flexibility index (Phi) is 6.02. The molecule has 7 nitrogen and oxygen atoms in total. The highest BCUT2D eigenvalue weighted by molar-refractivity contribution is 5.82. The molecule has 2 amide bonds. The van der Waals surface area contributed by atoms with Gasteiger partial charge in [0.1, 0.15) is 17.0 Å². The highest BCUT2D eigenvalue weighted by Crippen LogP contribution is 2.18. The predicted molar refractivity (Wildman–Crippen MR) is 85.2 cm³/mol. The first kappa shape index (κ1) is 19.3. The van der Waals surface area contributed by atoms with Gasteiger partial charge in [-0.1, -0.05) is 0 Å². The molecule has 0 aliphatic heterocycles. The van der Waals surface area contributed by atoms with E-state index in [1.54, 1.807) is 41.5 Å². The van der Waals surface area contributed by atoms with E-state index in [0.29, 0.717) is 6.42 Å². The van der Waals surface area contributed by atoms with Crippen LogP contribution in [-0.2, 0) is 14.3 Å². The van der Waals surface area contributed by atoms with Crippen LogP contribution in [0.25, 0.3) is 0 Å². The summed E-state index contributed by atoms with van der Waals surface area (Å²) in [6.07, 6.45) is -0.178. The molecule has 0 aromatic carbocycles. The molecule has 2 atom stereocenters. The van der Waals surface area contributed by atoms with Crippen LogP contribution in [0.5, 0.6) is 0 Å². The van der Waals surface area contributed by atoms with E-state index in [1.165, 1.54) is 0 Å². The van der Waals surface area contributed by atoms with Crippen molar-refractivity contribution in [2.24, 2.45) is 0 Å². The molecule has 1 saturated carbocycles. The van der Waals surface area contributed by atoms with Crippen molar-refractivity contribution in [3.63, 3.8) is 0 Å². The number of ether oxygens (including phenoxy) is 2. The molecule has 1 aliphatic carbocycles. The second kappa shape index (κ2) is 7.19. The number of carbonyl (C=O) groups excluding carboxylic acids is 3. The Balaban J connectivity index is 2.54. The molecular weight excluding hydrogens is 300 g/mol. The van der Waals surface area contributed by atoms with Gasteiger partial charge in [0.25, 0.3) is 0 Å². The zero-order valence-corrected chi connectivity index (χ0v) is 14.8. The lowest BCUT2D eigenvalue weighted by atomic mass is 9.90. The monoisotopic (exact) mass is 328 g/mol. The summed E-state index contributed by atoms with van der Waals surface area (Å²) in [5, 5.41) is 5.37. The number of hydrogen-bond acceptors (Lipinski definition) is 5. The zero-order valence-electron chi connectivity index (χ0n) is 14.8. The van der Waals surface area contributed by atoms with E-state index in [0.717, 1.165) is 0 Å². The molecule has 0 saturated heterocycles. The van der Waals surface area contributed by atoms with Gasteiger partial charge in [0.2, 0.25) is 0 Å². The van der Waals surface area contributed by atoms with Crippen LogP contribution in [0.3, 0.4) is 0 Å². The summed E-state index contributed by atoms with van der Waals surface area (Å²) < 4.78 is 10.4. The van der Waals surface area contributed by atoms with Gasteiger partial charge in [-0.3, -0.25) is 4.79 Å². The SMILES string of the molecule is CC(C)(C)OC(=O)NC1CC(=O)CC(NC(=O)OC(C)(C)C)C1. The van der Waals surface area contributed by atoms with E-state index in [2.05, 4.69) is 10.6 Å². The highest BCUT2D eigenvalue weighted by Gasteiger charge is 2.31. The Morgan fingerprint density at radius 2 is 1.22 bits per heavy atom. The van der Waals surface area contributed by atoms with Crippen LogP contribution >= 0.6 is 0 Å². The van der Waals surface area contributed by atoms with E-state index in [4.69, 9.17) is 9.47 Å². The third-order valence-electron chi connectivity index (χ3n) is 2.96. The summed E-state index contributed by atoms with van der Waals surface area (Å²) in [4.78, 5) is 35.4. The molecule has 0 aromatic heterocycles. The van der Waals surface area contributed by atoms with Gasteiger partial charge in [0, 0.05) is 24.9 Å². The molecule has 0 aromatic rings. The third kappa shape index (κ3) is 8.42. The maximum Gasteiger partial charge on any atom is 0.407 e. The fraction of sp³-hybridized carbons (Fsp3) is 0.812. The molecule has 2 unspecified atom stereocenters. The largest absolute Gasteiger partial charge is 0.444 e. The quantitative estimate of drug-likeness (QED) is 0.812. The lowest BCUT2D eigenvalue weighted by Crippen LogP contribution is -2.50. The van der Waals surface area contributed by atoms with Gasteiger partial charge in [0.05, 0.1) is 0 Å². The Morgan fingerprint density at radius 1 is 0.870 bits per heavy atom. The van der Waals surface area contributed by atoms with E-state index < -0.39 is 23.4 Å². The molecule has 0 radical (unpaired) electrons. The summed E-state index contributed by atoms with van der Waals surface area (Å²) in [7, 11) is 0. The van der Waals surface area contributed by atoms with Crippen LogP contribution in [0.15, 0.2) is 0 Å². The zero-order chi connectivity index (χ0) is 17.8. The number of ketones is 1. The van der Waals surface area contributed by atoms with Gasteiger partial charge in [-0.2, -0.15) is 0 Å². The van der Waals surface area contributed by atoms with Crippen LogP contribution in [0, 0.1) is 0 Å². The summed E-state index contributed by atoms with van der Waals surface area (Å²) in [6, 6.07) is -0.711. The highest BCUT2D eigenvalue weighted by atomic mass is 16.6. The summed E-state index contributed by atoms with van der Waals surface area (Å²) in [6.45, 7) is 10.6. The van der Waals surface area contributed by atoms with Crippen molar-refractivity contribution in [3.05, 3.63) is 0 Å². The fourth-order valence-corrected chi connectivity index (χ4v) is 2.31. The van der Waals surface area contributed by atoms with E-state index in [1.807, 2.05) is 0 Å². The first-order valence-electron chi connectivity index (χ1n) is 7.85. The second-order valence-electron chi connectivity index (χ2n) is 7.87. The van der Waals surface area contributed by atoms with Gasteiger partial charge in [-0.25, -0.2) is 9.59 Å². The molecule has 7 heteroatoms. The van der Waals surface area contributed by atoms with E-state index in [9.17, 15) is 14.4 Å². The lowest BCUT2D eigenvalue weighted by Gasteiger charge is -2.31. The van der Waals surface area contributed by atoms with Crippen LogP contribution in [0.1, 0.15) is 60.8 Å². The summed E-state index contributed by atoms with van der Waals surface area (Å²) >= 11 is 0. The van der Waals surface area contributed by atoms with Crippen LogP contribution in [-0.4, -0.2) is 41.3 Å². The van der Waals surface area contributed by atoms with Crippen molar-refractivity contribution in [3.8, 4) is 0 Å². The topological polar surface area (TPSA) is 93.7 Å². The number of carbonyl (C=O) groups is 3. The third-order valence-corrected chi connectivity index (χ3v) is 2.96. The lowest BCUT2D eigenvalue weighted by molar-refractivity contribution is -0.121. The van der Waals surface area contributed by atoms with E-state index in [-0.39, 0.29) is 30.7 Å². The van der Waals surface area contributed by atoms with E-state index >= 15 is 0 Å². The molecular formula is C16H28N2O5. The average Bonchev–Trinajstić information content (AvgIpc) is 2.20. The summed E-state index contributed by atoms with van der Waals surface area (Å²) in [5.74, 6) is -0.0154. The summed E-state index contributed by atoms with van der Waals surface area (Å²) in [5.41, 5.74) is -1.20. The van der Waals surface area contributed by atoms with Crippen molar-refractivity contribution in [2.45, 2.75) is 84.1 Å². The van der Waals surface area contributed by atoms with Gasteiger partial charge >= 0.3 is 12.2 Å².